The van der Waals surface area contributed by atoms with Crippen molar-refractivity contribution in [3.63, 3.8) is 0 Å². The minimum absolute atomic E-state index is 0.679. The van der Waals surface area contributed by atoms with Gasteiger partial charge in [0.1, 0.15) is 14.0 Å². The van der Waals surface area contributed by atoms with E-state index in [0.717, 1.165) is 0 Å². The highest BCUT2D eigenvalue weighted by Crippen LogP contribution is 2.56. The molecule has 0 aliphatic rings. The van der Waals surface area contributed by atoms with Crippen LogP contribution in [-0.2, 0) is 9.13 Å². The first-order valence-corrected chi connectivity index (χ1v) is 13.0. The van der Waals surface area contributed by atoms with E-state index < -0.39 is 14.0 Å². The van der Waals surface area contributed by atoms with Gasteiger partial charge in [-0.2, -0.15) is 0 Å². The molecule has 4 aromatic rings. The molecule has 141 valence electrons. The quantitative estimate of drug-likeness (QED) is 0.344. The molecule has 0 saturated heterocycles. The monoisotopic (exact) mass is 413 g/mol. The fraction of sp³-hybridized carbons (Fsp3) is 0. The van der Waals surface area contributed by atoms with E-state index >= 15 is 0 Å². The standard InChI is InChI=1S/C24H20BO2P2/c26-28(21-13-5-1-6-14-21,22-15-7-2-8-16-22)25-29(27,23-17-9-3-10-18-23)24-19-11-4-12-20-24/h1-20H. The summed E-state index contributed by atoms with van der Waals surface area (Å²) in [5.41, 5.74) is 0. The van der Waals surface area contributed by atoms with Crippen molar-refractivity contribution in [1.29, 1.82) is 0 Å². The zero-order valence-corrected chi connectivity index (χ0v) is 17.6. The molecule has 0 bridgehead atoms. The van der Waals surface area contributed by atoms with Gasteiger partial charge in [0.15, 0.2) is 0 Å². The lowest BCUT2D eigenvalue weighted by molar-refractivity contribution is 0.592. The second kappa shape index (κ2) is 8.41. The van der Waals surface area contributed by atoms with E-state index in [2.05, 4.69) is 0 Å². The van der Waals surface area contributed by atoms with Crippen molar-refractivity contribution in [3.05, 3.63) is 121 Å². The fourth-order valence-corrected chi connectivity index (χ4v) is 10.4. The average Bonchev–Trinajstić information content (AvgIpc) is 2.81. The summed E-state index contributed by atoms with van der Waals surface area (Å²) in [7, 11) is -6.53. The average molecular weight is 413 g/mol. The second-order valence-corrected chi connectivity index (χ2v) is 12.4. The highest BCUT2D eigenvalue weighted by molar-refractivity contribution is 8.29. The minimum atomic E-state index is -3.26. The minimum Gasteiger partial charge on any atom is -0.324 e. The molecule has 0 aliphatic heterocycles. The van der Waals surface area contributed by atoms with Gasteiger partial charge in [0.25, 0.3) is 0 Å². The van der Waals surface area contributed by atoms with Crippen LogP contribution in [0.15, 0.2) is 121 Å². The number of hydrogen-bond acceptors (Lipinski definition) is 2. The van der Waals surface area contributed by atoms with Crippen LogP contribution in [0.1, 0.15) is 0 Å². The third kappa shape index (κ3) is 3.94. The van der Waals surface area contributed by atoms with Crippen LogP contribution in [0, 0.1) is 0 Å². The van der Waals surface area contributed by atoms with Crippen LogP contribution in [-0.4, -0.2) is 6.72 Å². The summed E-state index contributed by atoms with van der Waals surface area (Å²) in [6.07, 6.45) is 0. The van der Waals surface area contributed by atoms with E-state index in [1.165, 1.54) is 0 Å². The molecule has 29 heavy (non-hydrogen) atoms. The maximum Gasteiger partial charge on any atom is 0.305 e. The van der Waals surface area contributed by atoms with E-state index in [0.29, 0.717) is 21.2 Å². The van der Waals surface area contributed by atoms with Gasteiger partial charge in [0, 0.05) is 21.2 Å². The molecule has 4 rings (SSSR count). The van der Waals surface area contributed by atoms with Crippen LogP contribution >= 0.6 is 14.0 Å². The van der Waals surface area contributed by atoms with Crippen LogP contribution in [0.3, 0.4) is 0 Å². The lowest BCUT2D eigenvalue weighted by Gasteiger charge is -2.25. The van der Waals surface area contributed by atoms with Crippen LogP contribution < -0.4 is 21.2 Å². The van der Waals surface area contributed by atoms with Gasteiger partial charge in [-0.25, -0.2) is 0 Å². The summed E-state index contributed by atoms with van der Waals surface area (Å²) in [6, 6.07) is 37.4. The van der Waals surface area contributed by atoms with Crippen molar-refractivity contribution in [2.75, 3.05) is 0 Å². The normalized spacial score (nSPS) is 11.7. The summed E-state index contributed by atoms with van der Waals surface area (Å²) in [4.78, 5) is 0. The Morgan fingerprint density at radius 3 is 0.793 bits per heavy atom. The largest absolute Gasteiger partial charge is 0.324 e. The molecule has 0 heterocycles. The van der Waals surface area contributed by atoms with Crippen LogP contribution in [0.5, 0.6) is 0 Å². The van der Waals surface area contributed by atoms with Crippen molar-refractivity contribution in [2.24, 2.45) is 0 Å². The van der Waals surface area contributed by atoms with E-state index in [4.69, 9.17) is 0 Å². The Hall–Kier alpha value is -2.60. The molecule has 0 aliphatic carbocycles. The molecule has 0 saturated carbocycles. The van der Waals surface area contributed by atoms with Crippen molar-refractivity contribution in [3.8, 4) is 0 Å². The molecule has 2 nitrogen and oxygen atoms in total. The van der Waals surface area contributed by atoms with Gasteiger partial charge in [-0.3, -0.25) is 0 Å². The lowest BCUT2D eigenvalue weighted by atomic mass is 10.4. The Balaban J connectivity index is 1.93. The summed E-state index contributed by atoms with van der Waals surface area (Å²) < 4.78 is 29.1. The number of rotatable bonds is 6. The van der Waals surface area contributed by atoms with Crippen LogP contribution in [0.2, 0.25) is 0 Å². The smallest absolute Gasteiger partial charge is 0.305 e. The van der Waals surface area contributed by atoms with Crippen molar-refractivity contribution < 1.29 is 9.13 Å². The van der Waals surface area contributed by atoms with Crippen molar-refractivity contribution in [2.45, 2.75) is 0 Å². The van der Waals surface area contributed by atoms with Gasteiger partial charge in [-0.1, -0.05) is 121 Å². The first-order valence-electron chi connectivity index (χ1n) is 9.42. The topological polar surface area (TPSA) is 34.1 Å². The fourth-order valence-electron chi connectivity index (χ4n) is 3.39. The van der Waals surface area contributed by atoms with Gasteiger partial charge in [0.2, 0.25) is 0 Å². The summed E-state index contributed by atoms with van der Waals surface area (Å²) >= 11 is 0. The molecule has 5 heteroatoms. The Morgan fingerprint density at radius 2 is 0.586 bits per heavy atom. The third-order valence-electron chi connectivity index (χ3n) is 4.88. The Bertz CT molecular complexity index is 983. The van der Waals surface area contributed by atoms with Gasteiger partial charge in [-0.05, 0) is 0 Å². The summed E-state index contributed by atoms with van der Waals surface area (Å²) in [5, 5.41) is 2.72. The number of benzene rings is 4. The first-order chi connectivity index (χ1) is 14.1. The second-order valence-electron chi connectivity index (χ2n) is 6.77. The molecule has 4 aromatic carbocycles. The van der Waals surface area contributed by atoms with E-state index in [1.54, 1.807) is 6.72 Å². The molecule has 0 aromatic heterocycles. The van der Waals surface area contributed by atoms with Crippen molar-refractivity contribution in [1.82, 2.24) is 0 Å². The Morgan fingerprint density at radius 1 is 0.379 bits per heavy atom. The Kier molecular flexibility index (Phi) is 5.72. The van der Waals surface area contributed by atoms with Gasteiger partial charge in [-0.15, -0.1) is 0 Å². The molecule has 0 spiro atoms. The highest BCUT2D eigenvalue weighted by Gasteiger charge is 2.41. The molecule has 0 amide bonds. The number of hydrogen-bond donors (Lipinski definition) is 0. The maximum atomic E-state index is 14.6. The molecule has 0 N–H and O–H groups in total. The predicted octanol–water partition coefficient (Wildman–Crippen LogP) is 4.55. The van der Waals surface area contributed by atoms with Gasteiger partial charge < -0.3 is 9.13 Å². The zero-order chi connectivity index (χ0) is 20.2. The molecular formula is C24H20BO2P2. The molecule has 1 radical (unpaired) electrons. The third-order valence-corrected chi connectivity index (χ3v) is 11.7. The predicted molar refractivity (Wildman–Crippen MR) is 125 cm³/mol. The Labute approximate surface area is 172 Å². The van der Waals surface area contributed by atoms with Crippen LogP contribution in [0.25, 0.3) is 0 Å². The van der Waals surface area contributed by atoms with Gasteiger partial charge in [0.05, 0.1) is 0 Å². The molecule has 0 fully saturated rings. The molecule has 0 unspecified atom stereocenters. The summed E-state index contributed by atoms with van der Waals surface area (Å²) in [5.74, 6) is 0. The molecular weight excluding hydrogens is 393 g/mol. The lowest BCUT2D eigenvalue weighted by Crippen LogP contribution is -2.27. The molecule has 0 atom stereocenters. The SMILES string of the molecule is O=P([B]P(=O)(c1ccccc1)c1ccccc1)(c1ccccc1)c1ccccc1. The first kappa shape index (κ1) is 19.7. The van der Waals surface area contributed by atoms with E-state index in [-0.39, 0.29) is 0 Å². The highest BCUT2D eigenvalue weighted by atomic mass is 31.2. The van der Waals surface area contributed by atoms with E-state index in [9.17, 15) is 9.13 Å². The maximum absolute atomic E-state index is 14.6. The summed E-state index contributed by atoms with van der Waals surface area (Å²) in [6.45, 7) is 1.63. The zero-order valence-electron chi connectivity index (χ0n) is 15.8. The van der Waals surface area contributed by atoms with Crippen molar-refractivity contribution >= 4 is 42.0 Å². The van der Waals surface area contributed by atoms with E-state index in [1.807, 2.05) is 121 Å². The van der Waals surface area contributed by atoms with Crippen LogP contribution in [0.4, 0.5) is 0 Å². The van der Waals surface area contributed by atoms with Gasteiger partial charge >= 0.3 is 6.72 Å².